The van der Waals surface area contributed by atoms with E-state index in [9.17, 15) is 18.4 Å². The van der Waals surface area contributed by atoms with Crippen LogP contribution in [0, 0.1) is 11.6 Å². The highest BCUT2D eigenvalue weighted by atomic mass is 19.1. The van der Waals surface area contributed by atoms with Gasteiger partial charge in [0.25, 0.3) is 0 Å². The fourth-order valence-corrected chi connectivity index (χ4v) is 2.79. The Morgan fingerprint density at radius 1 is 1.26 bits per heavy atom. The smallest absolute Gasteiger partial charge is 0.407 e. The highest BCUT2D eigenvalue weighted by Gasteiger charge is 2.34. The molecule has 1 aliphatic heterocycles. The number of benzene rings is 2. The lowest BCUT2D eigenvalue weighted by atomic mass is 10.2. The monoisotopic (exact) mass is 376 g/mol. The summed E-state index contributed by atoms with van der Waals surface area (Å²) in [7, 11) is 1.42. The van der Waals surface area contributed by atoms with Gasteiger partial charge in [0.05, 0.1) is 18.7 Å². The fourth-order valence-electron chi connectivity index (χ4n) is 2.79. The van der Waals surface area contributed by atoms with Crippen LogP contribution in [-0.2, 0) is 16.1 Å². The van der Waals surface area contributed by atoms with Crippen LogP contribution in [0.3, 0.4) is 0 Å². The molecule has 1 atom stereocenters. The van der Waals surface area contributed by atoms with Crippen LogP contribution in [0.5, 0.6) is 5.75 Å². The highest BCUT2D eigenvalue weighted by molar-refractivity contribution is 5.96. The average molecular weight is 376 g/mol. The summed E-state index contributed by atoms with van der Waals surface area (Å²) < 4.78 is 38.2. The first-order chi connectivity index (χ1) is 13.0. The standard InChI is InChI=1S/C19H18F2N2O4/c1-22-19(25)27-15-9-18(24)23(10-15)17-6-5-14(8-16(17)21)26-11-12-3-2-4-13(20)7-12/h2-8,15H,9-11H2,1H3,(H,22,25). The molecule has 0 aliphatic carbocycles. The van der Waals surface area contributed by atoms with Gasteiger partial charge in [0.15, 0.2) is 5.82 Å². The van der Waals surface area contributed by atoms with Gasteiger partial charge in [-0.15, -0.1) is 0 Å². The van der Waals surface area contributed by atoms with Gasteiger partial charge in [-0.25, -0.2) is 13.6 Å². The van der Waals surface area contributed by atoms with Crippen LogP contribution in [0.15, 0.2) is 42.5 Å². The van der Waals surface area contributed by atoms with E-state index < -0.39 is 18.0 Å². The minimum atomic E-state index is -0.642. The van der Waals surface area contributed by atoms with Gasteiger partial charge in [-0.2, -0.15) is 0 Å². The number of halogens is 2. The Morgan fingerprint density at radius 3 is 2.78 bits per heavy atom. The molecule has 8 heteroatoms. The number of nitrogens with zero attached hydrogens (tertiary/aromatic N) is 1. The quantitative estimate of drug-likeness (QED) is 0.871. The number of hydrogen-bond donors (Lipinski definition) is 1. The predicted octanol–water partition coefficient (Wildman–Crippen LogP) is 3.01. The zero-order valence-corrected chi connectivity index (χ0v) is 14.6. The number of carbonyl (C=O) groups is 2. The van der Waals surface area contributed by atoms with E-state index in [4.69, 9.17) is 9.47 Å². The molecule has 6 nitrogen and oxygen atoms in total. The molecular formula is C19H18F2N2O4. The van der Waals surface area contributed by atoms with E-state index in [2.05, 4.69) is 5.32 Å². The molecule has 0 bridgehead atoms. The molecule has 0 spiro atoms. The molecule has 1 saturated heterocycles. The Balaban J connectivity index is 1.66. The summed E-state index contributed by atoms with van der Waals surface area (Å²) in [6.45, 7) is 0.161. The van der Waals surface area contributed by atoms with Crippen molar-refractivity contribution in [3.63, 3.8) is 0 Å². The Bertz CT molecular complexity index is 859. The van der Waals surface area contributed by atoms with Crippen LogP contribution < -0.4 is 15.0 Å². The number of carbonyl (C=O) groups excluding carboxylic acids is 2. The van der Waals surface area contributed by atoms with Gasteiger partial charge in [-0.05, 0) is 29.8 Å². The molecule has 3 rings (SSSR count). The second-order valence-corrected chi connectivity index (χ2v) is 6.02. The van der Waals surface area contributed by atoms with Crippen LogP contribution >= 0.6 is 0 Å². The summed E-state index contributed by atoms with van der Waals surface area (Å²) in [5, 5.41) is 2.31. The molecule has 2 aromatic rings. The maximum atomic E-state index is 14.5. The molecule has 0 radical (unpaired) electrons. The zero-order chi connectivity index (χ0) is 19.4. The summed E-state index contributed by atoms with van der Waals surface area (Å²) in [5.74, 6) is -1.10. The summed E-state index contributed by atoms with van der Waals surface area (Å²) in [5.41, 5.74) is 0.699. The lowest BCUT2D eigenvalue weighted by Crippen LogP contribution is -2.29. The van der Waals surface area contributed by atoms with Crippen LogP contribution in [0.2, 0.25) is 0 Å². The Hall–Kier alpha value is -3.16. The van der Waals surface area contributed by atoms with Crippen molar-refractivity contribution in [1.82, 2.24) is 5.32 Å². The summed E-state index contributed by atoms with van der Waals surface area (Å²) in [4.78, 5) is 24.6. The van der Waals surface area contributed by atoms with Gasteiger partial charge < -0.3 is 19.7 Å². The maximum Gasteiger partial charge on any atom is 0.407 e. The number of rotatable bonds is 5. The minimum absolute atomic E-state index is 0.00924. The van der Waals surface area contributed by atoms with Crippen molar-refractivity contribution in [1.29, 1.82) is 0 Å². The van der Waals surface area contributed by atoms with E-state index in [-0.39, 0.29) is 42.7 Å². The van der Waals surface area contributed by atoms with E-state index in [1.165, 1.54) is 36.2 Å². The molecule has 0 aromatic heterocycles. The summed E-state index contributed by atoms with van der Waals surface area (Å²) >= 11 is 0. The molecule has 2 amide bonds. The third-order valence-corrected chi connectivity index (χ3v) is 4.07. The van der Waals surface area contributed by atoms with Gasteiger partial charge in [-0.3, -0.25) is 4.79 Å². The van der Waals surface area contributed by atoms with Gasteiger partial charge in [-0.1, -0.05) is 12.1 Å². The third-order valence-electron chi connectivity index (χ3n) is 4.07. The molecule has 2 aromatic carbocycles. The SMILES string of the molecule is CNC(=O)OC1CC(=O)N(c2ccc(OCc3cccc(F)c3)cc2F)C1. The molecule has 1 unspecified atom stereocenters. The summed E-state index contributed by atoms with van der Waals surface area (Å²) in [6.07, 6.45) is -1.29. The van der Waals surface area contributed by atoms with Crippen molar-refractivity contribution in [3.05, 3.63) is 59.7 Å². The van der Waals surface area contributed by atoms with E-state index in [1.54, 1.807) is 12.1 Å². The molecule has 1 aliphatic rings. The Labute approximate surface area is 154 Å². The number of hydrogen-bond acceptors (Lipinski definition) is 4. The molecule has 1 N–H and O–H groups in total. The second kappa shape index (κ2) is 8.03. The van der Waals surface area contributed by atoms with Crippen molar-refractivity contribution in [2.75, 3.05) is 18.5 Å². The van der Waals surface area contributed by atoms with E-state index in [0.717, 1.165) is 6.07 Å². The van der Waals surface area contributed by atoms with Gasteiger partial charge in [0.2, 0.25) is 5.91 Å². The van der Waals surface area contributed by atoms with Crippen molar-refractivity contribution in [3.8, 4) is 5.75 Å². The highest BCUT2D eigenvalue weighted by Crippen LogP contribution is 2.29. The second-order valence-electron chi connectivity index (χ2n) is 6.02. The van der Waals surface area contributed by atoms with Crippen LogP contribution in [0.4, 0.5) is 19.3 Å². The molecule has 1 heterocycles. The minimum Gasteiger partial charge on any atom is -0.489 e. The molecule has 142 valence electrons. The number of nitrogens with one attached hydrogen (secondary N) is 1. The Kier molecular flexibility index (Phi) is 5.54. The normalized spacial score (nSPS) is 16.3. The molecular weight excluding hydrogens is 358 g/mol. The first kappa shape index (κ1) is 18.6. The number of amides is 2. The van der Waals surface area contributed by atoms with Gasteiger partial charge in [0.1, 0.15) is 24.3 Å². The van der Waals surface area contributed by atoms with Crippen LogP contribution in [-0.4, -0.2) is 31.7 Å². The number of anilines is 1. The van der Waals surface area contributed by atoms with Crippen LogP contribution in [0.1, 0.15) is 12.0 Å². The lowest BCUT2D eigenvalue weighted by molar-refractivity contribution is -0.117. The first-order valence-corrected chi connectivity index (χ1v) is 8.32. The maximum absolute atomic E-state index is 14.5. The van der Waals surface area contributed by atoms with Crippen LogP contribution in [0.25, 0.3) is 0 Å². The van der Waals surface area contributed by atoms with Crippen molar-refractivity contribution < 1.29 is 27.8 Å². The molecule has 1 fully saturated rings. The lowest BCUT2D eigenvalue weighted by Gasteiger charge is -2.18. The van der Waals surface area contributed by atoms with Crippen molar-refractivity contribution in [2.45, 2.75) is 19.1 Å². The van der Waals surface area contributed by atoms with Crippen molar-refractivity contribution in [2.24, 2.45) is 0 Å². The fraction of sp³-hybridized carbons (Fsp3) is 0.263. The Morgan fingerprint density at radius 2 is 2.07 bits per heavy atom. The number of ether oxygens (including phenoxy) is 2. The number of alkyl carbamates (subject to hydrolysis) is 1. The van der Waals surface area contributed by atoms with Crippen molar-refractivity contribution >= 4 is 17.7 Å². The molecule has 27 heavy (non-hydrogen) atoms. The van der Waals surface area contributed by atoms with Gasteiger partial charge >= 0.3 is 6.09 Å². The first-order valence-electron chi connectivity index (χ1n) is 8.32. The average Bonchev–Trinajstić information content (AvgIpc) is 3.00. The van der Waals surface area contributed by atoms with E-state index in [1.807, 2.05) is 0 Å². The largest absolute Gasteiger partial charge is 0.489 e. The summed E-state index contributed by atoms with van der Waals surface area (Å²) in [6, 6.07) is 10.0. The van der Waals surface area contributed by atoms with E-state index in [0.29, 0.717) is 5.56 Å². The third kappa shape index (κ3) is 4.52. The molecule has 0 saturated carbocycles. The van der Waals surface area contributed by atoms with Gasteiger partial charge in [0, 0.05) is 13.1 Å². The predicted molar refractivity (Wildman–Crippen MR) is 93.4 cm³/mol. The zero-order valence-electron chi connectivity index (χ0n) is 14.6. The van der Waals surface area contributed by atoms with E-state index >= 15 is 0 Å². The topological polar surface area (TPSA) is 67.9 Å².